The SMILES string of the molecule is CC(C)(C)OC(=O)C1CNC2(CC2)C1. The summed E-state index contributed by atoms with van der Waals surface area (Å²) >= 11 is 0. The second-order valence-corrected chi connectivity index (χ2v) is 5.60. The van der Waals surface area contributed by atoms with Crippen LogP contribution in [0.4, 0.5) is 0 Å². The molecular weight excluding hydrogens is 178 g/mol. The molecule has 1 saturated carbocycles. The van der Waals surface area contributed by atoms with Gasteiger partial charge in [0.25, 0.3) is 0 Å². The van der Waals surface area contributed by atoms with E-state index in [2.05, 4.69) is 5.32 Å². The van der Waals surface area contributed by atoms with E-state index in [4.69, 9.17) is 4.74 Å². The van der Waals surface area contributed by atoms with Crippen molar-refractivity contribution in [3.05, 3.63) is 0 Å². The highest BCUT2D eigenvalue weighted by Crippen LogP contribution is 2.45. The average Bonchev–Trinajstić information content (AvgIpc) is 2.57. The first-order chi connectivity index (χ1) is 6.40. The molecular formula is C11H19NO2. The highest BCUT2D eigenvalue weighted by atomic mass is 16.6. The first-order valence-corrected chi connectivity index (χ1v) is 5.38. The molecule has 1 spiro atoms. The molecule has 1 saturated heterocycles. The van der Waals surface area contributed by atoms with Gasteiger partial charge in [-0.05, 0) is 40.0 Å². The monoisotopic (exact) mass is 197 g/mol. The Morgan fingerprint density at radius 2 is 2.07 bits per heavy atom. The van der Waals surface area contributed by atoms with Gasteiger partial charge in [-0.1, -0.05) is 0 Å². The number of ether oxygens (including phenoxy) is 1. The minimum Gasteiger partial charge on any atom is -0.460 e. The molecule has 1 heterocycles. The number of hydrogen-bond donors (Lipinski definition) is 1. The third-order valence-electron chi connectivity index (χ3n) is 2.95. The van der Waals surface area contributed by atoms with Crippen LogP contribution in [-0.4, -0.2) is 23.7 Å². The lowest BCUT2D eigenvalue weighted by molar-refractivity contribution is -0.159. The van der Waals surface area contributed by atoms with Crippen LogP contribution in [0.2, 0.25) is 0 Å². The van der Waals surface area contributed by atoms with Gasteiger partial charge in [0.2, 0.25) is 0 Å². The highest BCUT2D eigenvalue weighted by molar-refractivity contribution is 5.74. The molecule has 1 atom stereocenters. The Kier molecular flexibility index (Phi) is 2.11. The summed E-state index contributed by atoms with van der Waals surface area (Å²) < 4.78 is 5.36. The highest BCUT2D eigenvalue weighted by Gasteiger charge is 2.50. The Balaban J connectivity index is 1.87. The normalized spacial score (nSPS) is 29.2. The molecule has 1 N–H and O–H groups in total. The lowest BCUT2D eigenvalue weighted by Gasteiger charge is -2.21. The van der Waals surface area contributed by atoms with Crippen LogP contribution in [0.1, 0.15) is 40.0 Å². The van der Waals surface area contributed by atoms with Gasteiger partial charge in [0.1, 0.15) is 5.60 Å². The van der Waals surface area contributed by atoms with Gasteiger partial charge in [0, 0.05) is 12.1 Å². The summed E-state index contributed by atoms with van der Waals surface area (Å²) in [6.07, 6.45) is 3.43. The van der Waals surface area contributed by atoms with Gasteiger partial charge >= 0.3 is 5.97 Å². The molecule has 0 aromatic rings. The maximum absolute atomic E-state index is 11.7. The summed E-state index contributed by atoms with van der Waals surface area (Å²) in [5, 5.41) is 3.42. The van der Waals surface area contributed by atoms with E-state index in [1.54, 1.807) is 0 Å². The molecule has 0 bridgehead atoms. The Labute approximate surface area is 85.2 Å². The summed E-state index contributed by atoms with van der Waals surface area (Å²) in [7, 11) is 0. The third kappa shape index (κ3) is 2.08. The van der Waals surface area contributed by atoms with Crippen molar-refractivity contribution in [1.82, 2.24) is 5.32 Å². The first kappa shape index (κ1) is 9.97. The molecule has 0 radical (unpaired) electrons. The fraction of sp³-hybridized carbons (Fsp3) is 0.909. The molecule has 14 heavy (non-hydrogen) atoms. The summed E-state index contributed by atoms with van der Waals surface area (Å²) in [5.74, 6) is 0.0468. The van der Waals surface area contributed by atoms with E-state index < -0.39 is 0 Å². The fourth-order valence-corrected chi connectivity index (χ4v) is 2.04. The molecule has 0 aromatic heterocycles. The molecule has 2 fully saturated rings. The largest absolute Gasteiger partial charge is 0.460 e. The standard InChI is InChI=1S/C11H19NO2/c1-10(2,3)14-9(13)8-6-11(4-5-11)12-7-8/h8,12H,4-7H2,1-3H3. The summed E-state index contributed by atoms with van der Waals surface area (Å²) in [4.78, 5) is 11.7. The molecule has 1 unspecified atom stereocenters. The molecule has 80 valence electrons. The van der Waals surface area contributed by atoms with Crippen molar-refractivity contribution < 1.29 is 9.53 Å². The quantitative estimate of drug-likeness (QED) is 0.647. The summed E-state index contributed by atoms with van der Waals surface area (Å²) in [5.41, 5.74) is -0.0298. The van der Waals surface area contributed by atoms with Gasteiger partial charge in [-0.25, -0.2) is 0 Å². The molecule has 3 heteroatoms. The fourth-order valence-electron chi connectivity index (χ4n) is 2.04. The van der Waals surface area contributed by atoms with Crippen molar-refractivity contribution in [2.75, 3.05) is 6.54 Å². The van der Waals surface area contributed by atoms with Crippen LogP contribution in [0.5, 0.6) is 0 Å². The third-order valence-corrected chi connectivity index (χ3v) is 2.95. The predicted molar refractivity (Wildman–Crippen MR) is 53.9 cm³/mol. The topological polar surface area (TPSA) is 38.3 Å². The minimum absolute atomic E-state index is 0.0335. The van der Waals surface area contributed by atoms with Crippen LogP contribution >= 0.6 is 0 Å². The van der Waals surface area contributed by atoms with Crippen LogP contribution in [0.15, 0.2) is 0 Å². The van der Waals surface area contributed by atoms with Gasteiger partial charge < -0.3 is 10.1 Å². The van der Waals surface area contributed by atoms with E-state index in [1.165, 1.54) is 12.8 Å². The van der Waals surface area contributed by atoms with Crippen molar-refractivity contribution in [1.29, 1.82) is 0 Å². The lowest BCUT2D eigenvalue weighted by Crippen LogP contribution is -2.29. The second kappa shape index (κ2) is 2.96. The van der Waals surface area contributed by atoms with Gasteiger partial charge in [-0.15, -0.1) is 0 Å². The molecule has 2 aliphatic rings. The van der Waals surface area contributed by atoms with E-state index in [-0.39, 0.29) is 17.5 Å². The van der Waals surface area contributed by atoms with E-state index in [0.717, 1.165) is 13.0 Å². The zero-order valence-corrected chi connectivity index (χ0v) is 9.22. The average molecular weight is 197 g/mol. The van der Waals surface area contributed by atoms with Crippen molar-refractivity contribution in [2.45, 2.75) is 51.2 Å². The van der Waals surface area contributed by atoms with Gasteiger partial charge in [0.05, 0.1) is 5.92 Å². The smallest absolute Gasteiger partial charge is 0.310 e. The maximum atomic E-state index is 11.7. The Hall–Kier alpha value is -0.570. The van der Waals surface area contributed by atoms with E-state index in [0.29, 0.717) is 5.54 Å². The number of hydrogen-bond acceptors (Lipinski definition) is 3. The molecule has 1 aliphatic carbocycles. The van der Waals surface area contributed by atoms with Crippen molar-refractivity contribution in [3.63, 3.8) is 0 Å². The van der Waals surface area contributed by atoms with E-state index in [9.17, 15) is 4.79 Å². The molecule has 0 aromatic carbocycles. The Morgan fingerprint density at radius 3 is 2.50 bits per heavy atom. The van der Waals surface area contributed by atoms with Crippen molar-refractivity contribution in [3.8, 4) is 0 Å². The van der Waals surface area contributed by atoms with Crippen molar-refractivity contribution in [2.24, 2.45) is 5.92 Å². The molecule has 2 rings (SSSR count). The van der Waals surface area contributed by atoms with Crippen LogP contribution in [-0.2, 0) is 9.53 Å². The Morgan fingerprint density at radius 1 is 1.43 bits per heavy atom. The maximum Gasteiger partial charge on any atom is 0.310 e. The van der Waals surface area contributed by atoms with Crippen LogP contribution in [0, 0.1) is 5.92 Å². The lowest BCUT2D eigenvalue weighted by atomic mass is 10.0. The first-order valence-electron chi connectivity index (χ1n) is 5.38. The van der Waals surface area contributed by atoms with Crippen LogP contribution in [0.25, 0.3) is 0 Å². The molecule has 3 nitrogen and oxygen atoms in total. The number of esters is 1. The zero-order chi connectivity index (χ0) is 10.4. The second-order valence-electron chi connectivity index (χ2n) is 5.60. The minimum atomic E-state index is -0.351. The van der Waals surface area contributed by atoms with E-state index >= 15 is 0 Å². The van der Waals surface area contributed by atoms with Gasteiger partial charge in [-0.2, -0.15) is 0 Å². The zero-order valence-electron chi connectivity index (χ0n) is 9.22. The molecule has 0 amide bonds. The van der Waals surface area contributed by atoms with Crippen LogP contribution in [0.3, 0.4) is 0 Å². The predicted octanol–water partition coefficient (Wildman–Crippen LogP) is 1.47. The number of carbonyl (C=O) groups is 1. The van der Waals surface area contributed by atoms with Gasteiger partial charge in [-0.3, -0.25) is 4.79 Å². The molecule has 1 aliphatic heterocycles. The number of rotatable bonds is 1. The summed E-state index contributed by atoms with van der Waals surface area (Å²) in [6.45, 7) is 6.55. The number of carbonyl (C=O) groups excluding carboxylic acids is 1. The van der Waals surface area contributed by atoms with E-state index in [1.807, 2.05) is 20.8 Å². The summed E-state index contributed by atoms with van der Waals surface area (Å²) in [6, 6.07) is 0. The number of nitrogens with one attached hydrogen (secondary N) is 1. The van der Waals surface area contributed by atoms with Crippen molar-refractivity contribution >= 4 is 5.97 Å². The van der Waals surface area contributed by atoms with Crippen LogP contribution < -0.4 is 5.32 Å². The van der Waals surface area contributed by atoms with Gasteiger partial charge in [0.15, 0.2) is 0 Å². The Bertz CT molecular complexity index is 251.